The zero-order valence-corrected chi connectivity index (χ0v) is 8.25. The lowest BCUT2D eigenvalue weighted by Crippen LogP contribution is -2.37. The van der Waals surface area contributed by atoms with Gasteiger partial charge >= 0.3 is 0 Å². The van der Waals surface area contributed by atoms with Crippen LogP contribution in [-0.4, -0.2) is 31.4 Å². The highest BCUT2D eigenvalue weighted by molar-refractivity contribution is 7.80. The van der Waals surface area contributed by atoms with E-state index in [1.165, 1.54) is 12.8 Å². The Hall–Kier alpha value is -0.350. The fourth-order valence-electron chi connectivity index (χ4n) is 0.883. The molecule has 0 radical (unpaired) electrons. The molecule has 0 aromatic heterocycles. The van der Waals surface area contributed by atoms with E-state index in [-0.39, 0.29) is 0 Å². The minimum atomic E-state index is 0.646. The third-order valence-electron chi connectivity index (χ3n) is 1.72. The molecule has 0 amide bonds. The van der Waals surface area contributed by atoms with Crippen LogP contribution >= 0.6 is 12.2 Å². The summed E-state index contributed by atoms with van der Waals surface area (Å²) in [6, 6.07) is 0.646. The third-order valence-corrected chi connectivity index (χ3v) is 1.99. The molecule has 4 heteroatoms. The Kier molecular flexibility index (Phi) is 4.32. The first-order valence-electron chi connectivity index (χ1n) is 4.36. The van der Waals surface area contributed by atoms with Crippen molar-refractivity contribution in [3.63, 3.8) is 0 Å². The van der Waals surface area contributed by atoms with Crippen molar-refractivity contribution in [3.05, 3.63) is 0 Å². The molecule has 2 N–H and O–H groups in total. The van der Waals surface area contributed by atoms with Gasteiger partial charge in [-0.3, -0.25) is 0 Å². The molecule has 0 saturated heterocycles. The molecule has 0 atom stereocenters. The fraction of sp³-hybridized carbons (Fsp3) is 0.875. The average molecular weight is 188 g/mol. The van der Waals surface area contributed by atoms with Crippen molar-refractivity contribution in [2.45, 2.75) is 25.3 Å². The SMILES string of the molecule is COCCCNC(=S)NC1CC1. The molecule has 0 aromatic carbocycles. The van der Waals surface area contributed by atoms with Crippen molar-refractivity contribution in [3.8, 4) is 0 Å². The standard InChI is InChI=1S/C8H16N2OS/c1-11-6-2-5-9-8(12)10-7-3-4-7/h7H,2-6H2,1H3,(H2,9,10,12). The second kappa shape index (κ2) is 5.32. The first-order chi connectivity index (χ1) is 5.83. The van der Waals surface area contributed by atoms with Crippen molar-refractivity contribution < 1.29 is 4.74 Å². The molecular formula is C8H16N2OS. The molecule has 0 heterocycles. The molecule has 12 heavy (non-hydrogen) atoms. The van der Waals surface area contributed by atoms with Crippen LogP contribution < -0.4 is 10.6 Å². The maximum absolute atomic E-state index is 5.06. The Bertz CT molecular complexity index is 148. The highest BCUT2D eigenvalue weighted by Gasteiger charge is 2.21. The maximum Gasteiger partial charge on any atom is 0.166 e. The molecule has 1 saturated carbocycles. The first-order valence-corrected chi connectivity index (χ1v) is 4.77. The number of hydrogen-bond acceptors (Lipinski definition) is 2. The van der Waals surface area contributed by atoms with Gasteiger partial charge in [-0.1, -0.05) is 0 Å². The van der Waals surface area contributed by atoms with Gasteiger partial charge < -0.3 is 15.4 Å². The average Bonchev–Trinajstić information content (AvgIpc) is 2.82. The molecule has 1 rings (SSSR count). The van der Waals surface area contributed by atoms with Crippen LogP contribution in [0.4, 0.5) is 0 Å². The molecular weight excluding hydrogens is 172 g/mol. The van der Waals surface area contributed by atoms with Gasteiger partial charge in [0.05, 0.1) is 0 Å². The van der Waals surface area contributed by atoms with Gasteiger partial charge in [0.15, 0.2) is 5.11 Å². The number of thiocarbonyl (C=S) groups is 1. The predicted octanol–water partition coefficient (Wildman–Crippen LogP) is 0.649. The highest BCUT2D eigenvalue weighted by Crippen LogP contribution is 2.18. The van der Waals surface area contributed by atoms with Gasteiger partial charge in [-0.05, 0) is 31.5 Å². The number of ether oxygens (including phenoxy) is 1. The fourth-order valence-corrected chi connectivity index (χ4v) is 1.15. The Morgan fingerprint density at radius 2 is 2.33 bits per heavy atom. The zero-order chi connectivity index (χ0) is 8.81. The lowest BCUT2D eigenvalue weighted by molar-refractivity contribution is 0.195. The number of hydrogen-bond donors (Lipinski definition) is 2. The van der Waals surface area contributed by atoms with Crippen LogP contribution in [0.25, 0.3) is 0 Å². The van der Waals surface area contributed by atoms with E-state index in [9.17, 15) is 0 Å². The Morgan fingerprint density at radius 3 is 2.92 bits per heavy atom. The maximum atomic E-state index is 5.06. The van der Waals surface area contributed by atoms with Crippen molar-refractivity contribution in [2.24, 2.45) is 0 Å². The molecule has 1 aliphatic rings. The van der Waals surface area contributed by atoms with Crippen LogP contribution in [0.3, 0.4) is 0 Å². The molecule has 0 unspecified atom stereocenters. The minimum absolute atomic E-state index is 0.646. The van der Waals surface area contributed by atoms with Crippen molar-refractivity contribution in [1.82, 2.24) is 10.6 Å². The van der Waals surface area contributed by atoms with Crippen LogP contribution in [-0.2, 0) is 4.74 Å². The van der Waals surface area contributed by atoms with Crippen molar-refractivity contribution >= 4 is 17.3 Å². The van der Waals surface area contributed by atoms with Gasteiger partial charge in [0.2, 0.25) is 0 Å². The van der Waals surface area contributed by atoms with Crippen LogP contribution in [0.5, 0.6) is 0 Å². The summed E-state index contributed by atoms with van der Waals surface area (Å²) in [4.78, 5) is 0. The third kappa shape index (κ3) is 4.51. The Balaban J connectivity index is 1.87. The van der Waals surface area contributed by atoms with E-state index in [4.69, 9.17) is 17.0 Å². The van der Waals surface area contributed by atoms with Crippen molar-refractivity contribution in [1.29, 1.82) is 0 Å². The number of methoxy groups -OCH3 is 1. The van der Waals surface area contributed by atoms with Gasteiger partial charge in [0, 0.05) is 26.3 Å². The zero-order valence-electron chi connectivity index (χ0n) is 7.43. The predicted molar refractivity (Wildman–Crippen MR) is 53.3 cm³/mol. The van der Waals surface area contributed by atoms with E-state index in [1.54, 1.807) is 7.11 Å². The largest absolute Gasteiger partial charge is 0.385 e. The van der Waals surface area contributed by atoms with Gasteiger partial charge in [-0.25, -0.2) is 0 Å². The quantitative estimate of drug-likeness (QED) is 0.490. The molecule has 1 aliphatic carbocycles. The second-order valence-corrected chi connectivity index (χ2v) is 3.43. The van der Waals surface area contributed by atoms with Gasteiger partial charge in [0.25, 0.3) is 0 Å². The molecule has 0 bridgehead atoms. The van der Waals surface area contributed by atoms with Gasteiger partial charge in [-0.15, -0.1) is 0 Å². The summed E-state index contributed by atoms with van der Waals surface area (Å²) in [6.45, 7) is 1.69. The summed E-state index contributed by atoms with van der Waals surface area (Å²) in [6.07, 6.45) is 3.53. The van der Waals surface area contributed by atoms with Gasteiger partial charge in [0.1, 0.15) is 0 Å². The normalized spacial score (nSPS) is 15.8. The van der Waals surface area contributed by atoms with Crippen LogP contribution in [0.15, 0.2) is 0 Å². The summed E-state index contributed by atoms with van der Waals surface area (Å²) < 4.78 is 4.91. The van der Waals surface area contributed by atoms with Crippen LogP contribution in [0.2, 0.25) is 0 Å². The topological polar surface area (TPSA) is 33.3 Å². The van der Waals surface area contributed by atoms with Gasteiger partial charge in [-0.2, -0.15) is 0 Å². The number of nitrogens with one attached hydrogen (secondary N) is 2. The molecule has 0 aliphatic heterocycles. The summed E-state index contributed by atoms with van der Waals surface area (Å²) in [5.74, 6) is 0. The molecule has 1 fully saturated rings. The molecule has 0 spiro atoms. The van der Waals surface area contributed by atoms with E-state index >= 15 is 0 Å². The molecule has 70 valence electrons. The second-order valence-electron chi connectivity index (χ2n) is 3.02. The molecule has 3 nitrogen and oxygen atoms in total. The summed E-state index contributed by atoms with van der Waals surface area (Å²) >= 11 is 5.06. The van der Waals surface area contributed by atoms with E-state index < -0.39 is 0 Å². The first kappa shape index (κ1) is 9.74. The smallest absolute Gasteiger partial charge is 0.166 e. The number of rotatable bonds is 5. The summed E-state index contributed by atoms with van der Waals surface area (Å²) in [7, 11) is 1.71. The van der Waals surface area contributed by atoms with E-state index in [0.717, 1.165) is 24.7 Å². The van der Waals surface area contributed by atoms with Crippen LogP contribution in [0, 0.1) is 0 Å². The van der Waals surface area contributed by atoms with Crippen LogP contribution in [0.1, 0.15) is 19.3 Å². The van der Waals surface area contributed by atoms with E-state index in [1.807, 2.05) is 0 Å². The lowest BCUT2D eigenvalue weighted by Gasteiger charge is -2.08. The minimum Gasteiger partial charge on any atom is -0.385 e. The summed E-state index contributed by atoms with van der Waals surface area (Å²) in [5.41, 5.74) is 0. The van der Waals surface area contributed by atoms with E-state index in [2.05, 4.69) is 10.6 Å². The van der Waals surface area contributed by atoms with E-state index in [0.29, 0.717) is 6.04 Å². The monoisotopic (exact) mass is 188 g/mol. The van der Waals surface area contributed by atoms with Crippen molar-refractivity contribution in [2.75, 3.05) is 20.3 Å². The summed E-state index contributed by atoms with van der Waals surface area (Å²) in [5, 5.41) is 7.13. The lowest BCUT2D eigenvalue weighted by atomic mass is 10.4. The molecule has 0 aromatic rings. The Labute approximate surface area is 78.9 Å². The highest BCUT2D eigenvalue weighted by atomic mass is 32.1. The Morgan fingerprint density at radius 1 is 1.58 bits per heavy atom.